The third kappa shape index (κ3) is 13.9. The van der Waals surface area contributed by atoms with Gasteiger partial charge in [0.2, 0.25) is 11.9 Å². The number of H-pyrrole nitrogens is 2. The highest BCUT2D eigenvalue weighted by molar-refractivity contribution is 7.48. The molecule has 0 radical (unpaired) electrons. The number of ether oxygens (including phenoxy) is 4. The Morgan fingerprint density at radius 2 is 0.867 bits per heavy atom. The van der Waals surface area contributed by atoms with Crippen LogP contribution in [0.15, 0.2) is 56.4 Å². The quantitative estimate of drug-likeness (QED) is 0.0306. The minimum Gasteiger partial charge on any atom is -0.390 e. The Hall–Kier alpha value is -6.10. The molecule has 45 heteroatoms. The first-order valence-corrected chi connectivity index (χ1v) is 30.2. The first-order valence-electron chi connectivity index (χ1n) is 24.2. The fourth-order valence-corrected chi connectivity index (χ4v) is 12.5. The van der Waals surface area contributed by atoms with Crippen molar-refractivity contribution in [3.63, 3.8) is 0 Å². The van der Waals surface area contributed by atoms with E-state index >= 15 is 0 Å². The maximum absolute atomic E-state index is 14.0. The first-order chi connectivity index (χ1) is 39.1. The Balaban J connectivity index is 0.836. The number of phosphoric ester groups is 4. The number of rotatable bonds is 22. The van der Waals surface area contributed by atoms with Crippen molar-refractivity contribution >= 4 is 77.2 Å². The molecule has 0 spiro atoms. The van der Waals surface area contributed by atoms with Crippen LogP contribution in [0.3, 0.4) is 0 Å². The normalized spacial score (nSPS) is 28.9. The van der Waals surface area contributed by atoms with Gasteiger partial charge < -0.3 is 71.5 Å². The second-order valence-corrected chi connectivity index (χ2v) is 24.1. The molecule has 0 amide bonds. The van der Waals surface area contributed by atoms with Gasteiger partial charge in [0, 0.05) is 38.1 Å². The predicted octanol–water partition coefficient (Wildman–Crippen LogP) is -2.78. The number of hydrogen-bond donors (Lipinski definition) is 12. The highest BCUT2D eigenvalue weighted by Gasteiger charge is 2.49. The third-order valence-electron chi connectivity index (χ3n) is 13.0. The Labute approximate surface area is 460 Å². The number of aromatic nitrogens is 12. The molecule has 6 aromatic heterocycles. The monoisotopic (exact) mass is 1250 g/mol. The lowest BCUT2D eigenvalue weighted by Gasteiger charge is -2.25. The lowest BCUT2D eigenvalue weighted by Crippen LogP contribution is -2.31. The Morgan fingerprint density at radius 3 is 1.25 bits per heavy atom. The molecule has 0 aliphatic carbocycles. The van der Waals surface area contributed by atoms with Crippen LogP contribution in [0.25, 0.3) is 22.3 Å². The van der Waals surface area contributed by atoms with E-state index in [0.29, 0.717) is 0 Å². The van der Waals surface area contributed by atoms with Gasteiger partial charge in [-0.15, -0.1) is 0 Å². The number of aromatic amines is 2. The van der Waals surface area contributed by atoms with Crippen molar-refractivity contribution in [2.24, 2.45) is 0 Å². The summed E-state index contributed by atoms with van der Waals surface area (Å²) in [5, 5.41) is 10.9. The summed E-state index contributed by atoms with van der Waals surface area (Å²) in [5.41, 5.74) is 19.0. The summed E-state index contributed by atoms with van der Waals surface area (Å²) in [6, 6.07) is 2.46. The van der Waals surface area contributed by atoms with Crippen LogP contribution in [0.1, 0.15) is 50.6 Å². The number of nitrogens with one attached hydrogen (secondary N) is 2. The molecule has 15 atom stereocenters. The molecule has 0 saturated carbocycles. The third-order valence-corrected chi connectivity index (χ3v) is 16.5. The number of nitrogen functional groups attached to an aromatic ring is 4. The lowest BCUT2D eigenvalue weighted by molar-refractivity contribution is -0.0628. The number of anilines is 4. The molecular weight excluding hydrogens is 1200 g/mol. The summed E-state index contributed by atoms with van der Waals surface area (Å²) in [6.07, 6.45) is -14.1. The number of nitrogens with two attached hydrogens (primary N) is 4. The van der Waals surface area contributed by atoms with Crippen LogP contribution in [0, 0.1) is 0 Å². The summed E-state index contributed by atoms with van der Waals surface area (Å²) in [7, 11) is -21.2. The maximum atomic E-state index is 14.0. The van der Waals surface area contributed by atoms with Crippen LogP contribution in [0.5, 0.6) is 0 Å². The predicted molar refractivity (Wildman–Crippen MR) is 271 cm³/mol. The van der Waals surface area contributed by atoms with E-state index in [9.17, 15) is 67.0 Å². The van der Waals surface area contributed by atoms with Gasteiger partial charge in [0.15, 0.2) is 22.3 Å². The molecule has 10 rings (SSSR count). The van der Waals surface area contributed by atoms with Crippen molar-refractivity contribution in [1.29, 1.82) is 0 Å². The summed E-state index contributed by atoms with van der Waals surface area (Å²) < 4.78 is 118. The molecule has 4 saturated heterocycles. The molecule has 3 unspecified atom stereocenters. The van der Waals surface area contributed by atoms with Crippen molar-refractivity contribution in [3.05, 3.63) is 78.9 Å². The van der Waals surface area contributed by atoms with E-state index in [-0.39, 0.29) is 52.3 Å². The number of aliphatic hydroxyl groups is 1. The lowest BCUT2D eigenvalue weighted by atomic mass is 10.2. The van der Waals surface area contributed by atoms with Gasteiger partial charge in [-0.25, -0.2) is 37.8 Å². The molecule has 6 aromatic rings. The van der Waals surface area contributed by atoms with Crippen LogP contribution in [-0.2, 0) is 68.9 Å². The number of aliphatic hydroxyl groups excluding tert-OH is 1. The zero-order valence-electron chi connectivity index (χ0n) is 42.1. The van der Waals surface area contributed by atoms with Gasteiger partial charge in [-0.2, -0.15) is 19.9 Å². The topological polar surface area (TPSA) is 592 Å². The minimum atomic E-state index is -5.45. The van der Waals surface area contributed by atoms with Gasteiger partial charge in [-0.05, 0) is 12.1 Å². The van der Waals surface area contributed by atoms with Gasteiger partial charge in [-0.3, -0.25) is 69.5 Å². The second-order valence-electron chi connectivity index (χ2n) is 18.7. The molecular formula is C38H50N16O25P4. The van der Waals surface area contributed by atoms with Gasteiger partial charge in [0.1, 0.15) is 79.3 Å². The fraction of sp³-hybridized carbons (Fsp3) is 0.526. The average Bonchev–Trinajstić information content (AvgIpc) is 4.47. The molecule has 41 nitrogen and oxygen atoms in total. The van der Waals surface area contributed by atoms with E-state index in [0.717, 1.165) is 15.5 Å². The van der Waals surface area contributed by atoms with E-state index in [1.165, 1.54) is 40.0 Å². The number of nitrogens with zero attached hydrogens (tertiary/aromatic N) is 10. The Kier molecular flexibility index (Phi) is 16.9. The van der Waals surface area contributed by atoms with Gasteiger partial charge in [0.05, 0.1) is 45.2 Å². The summed E-state index contributed by atoms with van der Waals surface area (Å²) in [4.78, 5) is 131. The zero-order valence-corrected chi connectivity index (χ0v) is 45.6. The molecule has 0 aromatic carbocycles. The Morgan fingerprint density at radius 1 is 0.518 bits per heavy atom. The van der Waals surface area contributed by atoms with Gasteiger partial charge >= 0.3 is 42.7 Å². The summed E-state index contributed by atoms with van der Waals surface area (Å²) in [5.74, 6) is -0.905. The molecule has 83 heavy (non-hydrogen) atoms. The van der Waals surface area contributed by atoms with Crippen molar-refractivity contribution in [2.75, 3.05) is 49.4 Å². The maximum Gasteiger partial charge on any atom is 0.472 e. The number of fused-ring (bicyclic) bond motifs is 2. The van der Waals surface area contributed by atoms with E-state index in [2.05, 4.69) is 44.4 Å². The summed E-state index contributed by atoms with van der Waals surface area (Å²) in [6.45, 7) is -3.73. The fourth-order valence-electron chi connectivity index (χ4n) is 9.31. The second kappa shape index (κ2) is 23.4. The zero-order chi connectivity index (χ0) is 59.5. The van der Waals surface area contributed by atoms with Crippen LogP contribution in [-0.4, -0.2) is 163 Å². The molecule has 16 N–H and O–H groups in total. The first kappa shape index (κ1) is 60.0. The standard InChI is InChI=1S/C38H50N16O25P4/c39-23-1-3-51(37(58)45-23)26-6-16(20(74-26)10-69-80(60,61)62)77-82(65,66)72-12-22-18(8-28(76-22)54-14-44-30-32(54)48-36(42)50-34(30)57)79-83(67,68)71-11-21-17(7-27(75-21)52-4-2-24(40)46-38(52)59)78-81(63,64)70-9-19-15(55)5-25(73-19)53-13-43-29-31(53)47-35(41)49-33(29)56/h1-4,13-22,25-28,55H,5-12H2,(H,63,64)(H,65,66)(H,67,68)(H2,39,45,58)(H2,40,46,59)(H2,60,61,62)(H3,41,47,49,56)(H3,42,48,50,57)/t15-,16-,17-,18-,19+,20+,21+,22+,25+,26+,27+,28+/m0/s1. The Bertz CT molecular complexity index is 3860. The number of hydrogen-bond acceptors (Lipinski definition) is 30. The highest BCUT2D eigenvalue weighted by atomic mass is 31.2. The average molecular weight is 1250 g/mol. The van der Waals surface area contributed by atoms with Crippen molar-refractivity contribution < 1.29 is 98.4 Å². The molecule has 4 aliphatic rings. The van der Waals surface area contributed by atoms with Crippen LogP contribution >= 0.6 is 31.3 Å². The van der Waals surface area contributed by atoms with Gasteiger partial charge in [0.25, 0.3) is 11.1 Å². The van der Waals surface area contributed by atoms with Crippen molar-refractivity contribution in [1.82, 2.24) is 58.1 Å². The molecule has 4 fully saturated rings. The van der Waals surface area contributed by atoms with Crippen molar-refractivity contribution in [2.45, 2.75) is 99.4 Å². The van der Waals surface area contributed by atoms with Crippen LogP contribution in [0.4, 0.5) is 23.5 Å². The smallest absolute Gasteiger partial charge is 0.390 e. The molecule has 10 heterocycles. The summed E-state index contributed by atoms with van der Waals surface area (Å²) >= 11 is 0. The molecule has 4 aliphatic heterocycles. The van der Waals surface area contributed by atoms with Crippen molar-refractivity contribution in [3.8, 4) is 0 Å². The molecule has 452 valence electrons. The van der Waals surface area contributed by atoms with E-state index in [1.54, 1.807) is 0 Å². The minimum absolute atomic E-state index is 0.0203. The SMILES string of the molecule is Nc1ccn([C@H]2C[C@H](OP(=O)(O)OC[C@H]3O[C@@H](n4cnc5c(=O)[nH]c(N)nc54)C[C@@H]3OP(=O)(O)OC[C@H]3O[C@@H](n4ccc(N)nc4=O)C[C@@H]3OP(=O)(O)OC[C@H]3O[C@@H](n4cnc5c(=O)[nH]c(N)nc54)C[C@@H]3O)[C@@H](COP(=O)(O)O)O2)c(=O)n1. The largest absolute Gasteiger partial charge is 0.472 e. The number of phosphoric acid groups is 4. The highest BCUT2D eigenvalue weighted by Crippen LogP contribution is 2.54. The van der Waals surface area contributed by atoms with Crippen LogP contribution in [0.2, 0.25) is 0 Å². The van der Waals surface area contributed by atoms with E-state index < -0.39 is 173 Å². The number of imidazole rings is 2. The van der Waals surface area contributed by atoms with Gasteiger partial charge in [-0.1, -0.05) is 0 Å². The van der Waals surface area contributed by atoms with E-state index in [1.807, 2.05) is 0 Å². The van der Waals surface area contributed by atoms with E-state index in [4.69, 9.17) is 69.0 Å². The van der Waals surface area contributed by atoms with Crippen LogP contribution < -0.4 is 45.4 Å². The molecule has 0 bridgehead atoms.